The van der Waals surface area contributed by atoms with E-state index in [-0.39, 0.29) is 17.6 Å². The smallest absolute Gasteiger partial charge is 0.238 e. The number of nitrogens with one attached hydrogen (secondary N) is 2. The minimum absolute atomic E-state index is 0.0697. The number of amides is 1. The summed E-state index contributed by atoms with van der Waals surface area (Å²) in [5, 5.41) is 2.82. The van der Waals surface area contributed by atoms with E-state index in [9.17, 15) is 13.2 Å². The highest BCUT2D eigenvalue weighted by Gasteiger charge is 2.26. The molecule has 2 aromatic rings. The Balaban J connectivity index is 1.89. The average molecular weight is 475 g/mol. The quantitative estimate of drug-likeness (QED) is 0.464. The number of ether oxygens (including phenoxy) is 2. The van der Waals surface area contributed by atoms with E-state index in [0.29, 0.717) is 31.1 Å². The van der Waals surface area contributed by atoms with Crippen LogP contribution in [0, 0.1) is 5.92 Å². The molecule has 2 N–H and O–H groups in total. The van der Waals surface area contributed by atoms with Crippen LogP contribution in [0.3, 0.4) is 0 Å². The van der Waals surface area contributed by atoms with Crippen LogP contribution in [0.15, 0.2) is 54.6 Å². The molecule has 0 unspecified atom stereocenters. The van der Waals surface area contributed by atoms with Gasteiger partial charge < -0.3 is 14.8 Å². The number of sulfonamides is 1. The number of benzene rings is 2. The van der Waals surface area contributed by atoms with Crippen LogP contribution >= 0.6 is 0 Å². The molecule has 0 aromatic heterocycles. The summed E-state index contributed by atoms with van der Waals surface area (Å²) >= 11 is 0. The molecular weight excluding hydrogens is 440 g/mol. The van der Waals surface area contributed by atoms with Gasteiger partial charge in [0, 0.05) is 6.54 Å². The molecule has 1 amide bonds. The van der Waals surface area contributed by atoms with Crippen LogP contribution < -0.4 is 19.5 Å². The van der Waals surface area contributed by atoms with Gasteiger partial charge in [-0.1, -0.05) is 56.3 Å². The summed E-state index contributed by atoms with van der Waals surface area (Å²) < 4.78 is 37.5. The molecule has 0 fully saturated rings. The first kappa shape index (κ1) is 26.4. The zero-order valence-electron chi connectivity index (χ0n) is 19.7. The Kier molecular flexibility index (Phi) is 10.4. The van der Waals surface area contributed by atoms with Gasteiger partial charge in [-0.05, 0) is 48.6 Å². The maximum absolute atomic E-state index is 12.5. The Morgan fingerprint density at radius 2 is 1.82 bits per heavy atom. The molecule has 33 heavy (non-hydrogen) atoms. The van der Waals surface area contributed by atoms with Gasteiger partial charge in [0.25, 0.3) is 0 Å². The third-order valence-corrected chi connectivity index (χ3v) is 6.39. The van der Waals surface area contributed by atoms with E-state index in [1.165, 1.54) is 6.92 Å². The lowest BCUT2D eigenvalue weighted by Gasteiger charge is -2.21. The second kappa shape index (κ2) is 13.0. The predicted octanol–water partition coefficient (Wildman–Crippen LogP) is 3.41. The Labute approximate surface area is 197 Å². The van der Waals surface area contributed by atoms with Crippen LogP contribution in [0.5, 0.6) is 11.5 Å². The molecule has 2 aromatic carbocycles. The Morgan fingerprint density at radius 3 is 2.45 bits per heavy atom. The summed E-state index contributed by atoms with van der Waals surface area (Å²) in [5.74, 6) is 0.678. The molecule has 7 nitrogen and oxygen atoms in total. The van der Waals surface area contributed by atoms with Crippen molar-refractivity contribution in [2.45, 2.75) is 33.2 Å². The maximum Gasteiger partial charge on any atom is 0.238 e. The average Bonchev–Trinajstić information content (AvgIpc) is 2.81. The van der Waals surface area contributed by atoms with Gasteiger partial charge >= 0.3 is 0 Å². The van der Waals surface area contributed by atoms with Crippen molar-refractivity contribution in [1.29, 1.82) is 0 Å². The van der Waals surface area contributed by atoms with Gasteiger partial charge in [-0.25, -0.2) is 13.1 Å². The van der Waals surface area contributed by atoms with E-state index in [0.717, 1.165) is 11.1 Å². The van der Waals surface area contributed by atoms with Gasteiger partial charge in [0.2, 0.25) is 15.9 Å². The molecule has 0 spiro atoms. The number of rotatable bonds is 13. The molecule has 0 radical (unpaired) electrons. The summed E-state index contributed by atoms with van der Waals surface area (Å²) in [6, 6.07) is 14.8. The Morgan fingerprint density at radius 1 is 1.09 bits per heavy atom. The second-order valence-corrected chi connectivity index (χ2v) is 9.94. The molecule has 1 atom stereocenters. The first-order valence-electron chi connectivity index (χ1n) is 11.0. The molecule has 0 aliphatic rings. The summed E-state index contributed by atoms with van der Waals surface area (Å²) in [5.41, 5.74) is 2.07. The van der Waals surface area contributed by atoms with Crippen molar-refractivity contribution in [3.8, 4) is 11.5 Å². The summed E-state index contributed by atoms with van der Waals surface area (Å²) in [6.45, 7) is 5.93. The second-order valence-electron chi connectivity index (χ2n) is 7.89. The Hall–Kier alpha value is -2.84. The highest BCUT2D eigenvalue weighted by atomic mass is 32.2. The number of hydrogen-bond acceptors (Lipinski definition) is 5. The van der Waals surface area contributed by atoms with E-state index in [1.807, 2.05) is 60.7 Å². The number of methoxy groups -OCH3 is 1. The zero-order chi connectivity index (χ0) is 24.3. The van der Waals surface area contributed by atoms with Crippen molar-refractivity contribution in [2.24, 2.45) is 5.92 Å². The van der Waals surface area contributed by atoms with Crippen LogP contribution in [0.25, 0.3) is 6.08 Å². The van der Waals surface area contributed by atoms with Crippen LogP contribution in [0.2, 0.25) is 0 Å². The first-order valence-corrected chi connectivity index (χ1v) is 12.7. The zero-order valence-corrected chi connectivity index (χ0v) is 20.5. The van der Waals surface area contributed by atoms with Crippen molar-refractivity contribution in [2.75, 3.05) is 26.0 Å². The molecule has 0 heterocycles. The third-order valence-electron chi connectivity index (χ3n) is 5.02. The standard InChI is InChI=1S/C25H34N2O5S/c1-5-33(29,30)27-24(19(2)3)25(28)26-16-15-21-13-14-22(23(18-21)31-4)32-17-9-12-20-10-7-6-8-11-20/h6-14,18-19,24,27H,5,15-17H2,1-4H3,(H,26,28)/b12-9+/t24-/m0/s1. The topological polar surface area (TPSA) is 93.7 Å². The van der Waals surface area contributed by atoms with E-state index < -0.39 is 16.1 Å². The molecule has 0 aliphatic carbocycles. The normalized spacial score (nSPS) is 12.6. The van der Waals surface area contributed by atoms with Crippen LogP contribution in [0.4, 0.5) is 0 Å². The molecule has 2 rings (SSSR count). The van der Waals surface area contributed by atoms with Gasteiger partial charge in [-0.2, -0.15) is 0 Å². The van der Waals surface area contributed by atoms with Gasteiger partial charge in [0.1, 0.15) is 12.6 Å². The molecular formula is C25H34N2O5S. The number of carbonyl (C=O) groups excluding carboxylic acids is 1. The Bertz CT molecular complexity index is 1020. The fraction of sp³-hybridized carbons (Fsp3) is 0.400. The molecule has 0 bridgehead atoms. The highest BCUT2D eigenvalue weighted by molar-refractivity contribution is 7.89. The van der Waals surface area contributed by atoms with E-state index in [1.54, 1.807) is 21.0 Å². The van der Waals surface area contributed by atoms with E-state index in [4.69, 9.17) is 9.47 Å². The lowest BCUT2D eigenvalue weighted by Crippen LogP contribution is -2.50. The fourth-order valence-corrected chi connectivity index (χ4v) is 4.01. The fourth-order valence-electron chi connectivity index (χ4n) is 3.08. The first-order chi connectivity index (χ1) is 15.8. The molecule has 0 saturated carbocycles. The monoisotopic (exact) mass is 474 g/mol. The molecule has 0 saturated heterocycles. The van der Waals surface area contributed by atoms with Gasteiger partial charge in [-0.15, -0.1) is 0 Å². The largest absolute Gasteiger partial charge is 0.493 e. The minimum atomic E-state index is -3.47. The summed E-state index contributed by atoms with van der Waals surface area (Å²) in [4.78, 5) is 12.5. The maximum atomic E-state index is 12.5. The predicted molar refractivity (Wildman–Crippen MR) is 132 cm³/mol. The van der Waals surface area contributed by atoms with Crippen molar-refractivity contribution < 1.29 is 22.7 Å². The molecule has 8 heteroatoms. The lowest BCUT2D eigenvalue weighted by atomic mass is 10.0. The molecule has 0 aliphatic heterocycles. The number of hydrogen-bond donors (Lipinski definition) is 2. The minimum Gasteiger partial charge on any atom is -0.493 e. The van der Waals surface area contributed by atoms with Gasteiger partial charge in [-0.3, -0.25) is 4.79 Å². The van der Waals surface area contributed by atoms with Crippen LogP contribution in [0.1, 0.15) is 31.9 Å². The summed E-state index contributed by atoms with van der Waals surface area (Å²) in [6.07, 6.45) is 4.51. The van der Waals surface area contributed by atoms with E-state index >= 15 is 0 Å². The highest BCUT2D eigenvalue weighted by Crippen LogP contribution is 2.28. The third kappa shape index (κ3) is 8.90. The van der Waals surface area contributed by atoms with Crippen molar-refractivity contribution >= 4 is 22.0 Å². The van der Waals surface area contributed by atoms with Crippen molar-refractivity contribution in [3.05, 3.63) is 65.7 Å². The lowest BCUT2D eigenvalue weighted by molar-refractivity contribution is -0.123. The van der Waals surface area contributed by atoms with Gasteiger partial charge in [0.05, 0.1) is 12.9 Å². The van der Waals surface area contributed by atoms with Crippen LogP contribution in [-0.2, 0) is 21.2 Å². The molecule has 180 valence electrons. The van der Waals surface area contributed by atoms with E-state index in [2.05, 4.69) is 10.0 Å². The summed E-state index contributed by atoms with van der Waals surface area (Å²) in [7, 11) is -1.89. The SMILES string of the molecule is CCS(=O)(=O)N[C@H](C(=O)NCCc1ccc(OC/C=C/c2ccccc2)c(OC)c1)C(C)C. The number of carbonyl (C=O) groups is 1. The van der Waals surface area contributed by atoms with Crippen molar-refractivity contribution in [3.63, 3.8) is 0 Å². The van der Waals surface area contributed by atoms with Crippen molar-refractivity contribution in [1.82, 2.24) is 10.0 Å². The van der Waals surface area contributed by atoms with Gasteiger partial charge in [0.15, 0.2) is 11.5 Å². The van der Waals surface area contributed by atoms with Crippen LogP contribution in [-0.4, -0.2) is 46.4 Å².